The Morgan fingerprint density at radius 3 is 1.43 bits per heavy atom. The van der Waals surface area contributed by atoms with Crippen molar-refractivity contribution in [2.75, 3.05) is 60.1 Å². The van der Waals surface area contributed by atoms with Gasteiger partial charge in [-0.25, -0.2) is 14.6 Å². The summed E-state index contributed by atoms with van der Waals surface area (Å²) >= 11 is 0. The van der Waals surface area contributed by atoms with Crippen LogP contribution < -0.4 is 32.4 Å². The zero-order valence-electron chi connectivity index (χ0n) is 55.5. The van der Waals surface area contributed by atoms with E-state index in [0.717, 1.165) is 9.80 Å². The number of esters is 2. The Kier molecular flexibility index (Phi) is 22.2. The summed E-state index contributed by atoms with van der Waals surface area (Å²) in [6, 6.07) is -7.93. The van der Waals surface area contributed by atoms with E-state index < -0.39 is 191 Å². The lowest BCUT2D eigenvalue weighted by Crippen LogP contribution is -2.63. The number of cyclic esters (lactones) is 2. The highest BCUT2D eigenvalue weighted by atomic mass is 16.6. The number of carbonyl (C=O) groups excluding carboxylic acids is 12. The maximum absolute atomic E-state index is 15.2. The molecule has 0 spiro atoms. The quantitative estimate of drug-likeness (QED) is 0.121. The number of carbonyl (C=O) groups is 12. The van der Waals surface area contributed by atoms with E-state index in [-0.39, 0.29) is 53.9 Å². The first-order valence-corrected chi connectivity index (χ1v) is 31.5. The maximum Gasteiger partial charge on any atom is 0.329 e. The van der Waals surface area contributed by atoms with Crippen LogP contribution in [0.25, 0.3) is 22.6 Å². The number of nitrogens with zero attached hydrogens (tertiary/aromatic N) is 7. The monoisotopic (exact) mass is 1280 g/mol. The van der Waals surface area contributed by atoms with E-state index >= 15 is 9.59 Å². The van der Waals surface area contributed by atoms with Gasteiger partial charge in [0, 0.05) is 46.8 Å². The van der Waals surface area contributed by atoms with Crippen molar-refractivity contribution in [1.82, 2.24) is 55.7 Å². The van der Waals surface area contributed by atoms with Gasteiger partial charge in [0.1, 0.15) is 71.8 Å². The lowest BCUT2D eigenvalue weighted by atomic mass is 9.95. The first kappa shape index (κ1) is 70.7. The number of amides is 10. The van der Waals surface area contributed by atoms with Crippen LogP contribution in [-0.2, 0) is 57.4 Å². The number of nitrogens with one attached hydrogen (secondary N) is 4. The van der Waals surface area contributed by atoms with Gasteiger partial charge >= 0.3 is 11.9 Å². The van der Waals surface area contributed by atoms with E-state index in [2.05, 4.69) is 21.3 Å². The van der Waals surface area contributed by atoms with Crippen molar-refractivity contribution in [3.05, 3.63) is 44.6 Å². The van der Waals surface area contributed by atoms with Gasteiger partial charge in [0.25, 0.3) is 11.8 Å². The molecule has 5 aliphatic heterocycles. The number of hydrogen-bond donors (Lipinski definition) is 5. The van der Waals surface area contributed by atoms with Crippen molar-refractivity contribution in [3.8, 4) is 11.5 Å². The van der Waals surface area contributed by atoms with Gasteiger partial charge in [-0.2, -0.15) is 0 Å². The van der Waals surface area contributed by atoms with Gasteiger partial charge in [-0.1, -0.05) is 61.5 Å². The number of rotatable bonds is 8. The minimum Gasteiger partial charge on any atom is -0.458 e. The molecule has 92 heavy (non-hydrogen) atoms. The number of anilines is 1. The highest BCUT2D eigenvalue weighted by Gasteiger charge is 2.46. The molecule has 28 nitrogen and oxygen atoms in total. The third-order valence-corrected chi connectivity index (χ3v) is 18.0. The Hall–Kier alpha value is -8.72. The van der Waals surface area contributed by atoms with Crippen LogP contribution in [0, 0.1) is 37.5 Å². The van der Waals surface area contributed by atoms with Crippen LogP contribution in [0.15, 0.2) is 21.3 Å². The Bertz CT molecular complexity index is 3450. The molecule has 5 heterocycles. The number of aryl methyl sites for hydroxylation is 1. The molecule has 6 unspecified atom stereocenters. The molecule has 1 aliphatic carbocycles. The second kappa shape index (κ2) is 28.8. The van der Waals surface area contributed by atoms with Crippen molar-refractivity contribution >= 4 is 87.8 Å². The SMILES string of the molecule is Cc1c2oc3c(C)ccc(C(=O)NC4C(=O)NC(C(C)C)C(=O)N5CCCC[C@@H]5C(=O)N(C)CC(=O)N(C)[C@@H](C(C)C)C(=O)OC4C)c3nc-2c(C(=O)NC2C(=O)N[C@H](C(C)C)C(=O)N3CCCC[C@H]3C(=O)N(C)CC(=O)N(C)C(C(C)C)C(=O)OC2C)c(N)c1=O. The topological polar surface area (TPSA) is 360 Å². The molecule has 4 fully saturated rings. The van der Waals surface area contributed by atoms with Gasteiger partial charge in [-0.15, -0.1) is 0 Å². The number of fused-ring (bicyclic) bond motifs is 4. The molecule has 0 saturated carbocycles. The molecule has 0 bridgehead atoms. The van der Waals surface area contributed by atoms with Gasteiger partial charge in [0.05, 0.1) is 29.9 Å². The molecular formula is C64H90N12O16. The van der Waals surface area contributed by atoms with Crippen LogP contribution in [0.2, 0.25) is 0 Å². The fourth-order valence-electron chi connectivity index (χ4n) is 12.6. The summed E-state index contributed by atoms with van der Waals surface area (Å²) in [5.41, 5.74) is 3.60. The molecule has 1 aromatic carbocycles. The van der Waals surface area contributed by atoms with Crippen LogP contribution in [0.5, 0.6) is 0 Å². The number of piperidine rings is 2. The lowest BCUT2D eigenvalue weighted by molar-refractivity contribution is -0.163. The van der Waals surface area contributed by atoms with Gasteiger partial charge in [-0.3, -0.25) is 52.7 Å². The summed E-state index contributed by atoms with van der Waals surface area (Å²) in [7, 11) is 5.62. The molecule has 7 rings (SSSR count). The van der Waals surface area contributed by atoms with Gasteiger partial charge in [0.15, 0.2) is 11.3 Å². The fraction of sp³-hybridized carbons (Fsp3) is 0.625. The molecular weight excluding hydrogens is 1190 g/mol. The van der Waals surface area contributed by atoms with Crippen LogP contribution in [0.3, 0.4) is 0 Å². The van der Waals surface area contributed by atoms with Crippen LogP contribution in [0.4, 0.5) is 5.69 Å². The van der Waals surface area contributed by atoms with Crippen molar-refractivity contribution in [2.24, 2.45) is 23.7 Å². The number of likely N-dealkylation sites (N-methyl/N-ethyl adjacent to an activating group) is 4. The zero-order chi connectivity index (χ0) is 68.4. The molecule has 28 heteroatoms. The second-order valence-corrected chi connectivity index (χ2v) is 26.3. The zero-order valence-corrected chi connectivity index (χ0v) is 55.5. The Balaban J connectivity index is 1.33. The Morgan fingerprint density at radius 1 is 0.598 bits per heavy atom. The van der Waals surface area contributed by atoms with Crippen LogP contribution >= 0.6 is 0 Å². The van der Waals surface area contributed by atoms with Gasteiger partial charge in [0.2, 0.25) is 52.7 Å². The van der Waals surface area contributed by atoms with E-state index in [4.69, 9.17) is 24.6 Å². The summed E-state index contributed by atoms with van der Waals surface area (Å²) in [5.74, 6) is -12.3. The van der Waals surface area contributed by atoms with Gasteiger partial charge in [-0.05, 0) is 102 Å². The molecule has 4 saturated heterocycles. The van der Waals surface area contributed by atoms with Gasteiger partial charge < -0.3 is 70.3 Å². The number of ether oxygens (including phenoxy) is 2. The molecule has 6 aliphatic rings. The minimum absolute atomic E-state index is 0.0748. The van der Waals surface area contributed by atoms with Crippen molar-refractivity contribution in [3.63, 3.8) is 0 Å². The maximum atomic E-state index is 15.2. The average molecular weight is 1280 g/mol. The number of nitrogen functional groups attached to an aromatic ring is 1. The Labute approximate surface area is 535 Å². The molecule has 1 aromatic rings. The van der Waals surface area contributed by atoms with E-state index in [0.29, 0.717) is 31.2 Å². The number of hydrogen-bond acceptors (Lipinski definition) is 18. The average Bonchev–Trinajstić information content (AvgIpc) is 0.741. The normalized spacial score (nSPS) is 26.2. The van der Waals surface area contributed by atoms with Crippen molar-refractivity contribution < 1.29 is 71.4 Å². The largest absolute Gasteiger partial charge is 0.458 e. The van der Waals surface area contributed by atoms with E-state index in [1.54, 1.807) is 62.3 Å². The number of benzene rings is 2. The lowest BCUT2D eigenvalue weighted by Gasteiger charge is -2.40. The number of aromatic nitrogens is 1. The van der Waals surface area contributed by atoms with Crippen LogP contribution in [0.1, 0.15) is 140 Å². The smallest absolute Gasteiger partial charge is 0.329 e. The van der Waals surface area contributed by atoms with E-state index in [9.17, 15) is 52.7 Å². The summed E-state index contributed by atoms with van der Waals surface area (Å²) in [4.78, 5) is 201. The standard InChI is InChI=1S/C64H90N12O16/c1-29(2)44-61(86)75-25-19-17-21-38(75)59(84)71(13)27-40(77)73(15)50(31(5)6)63(88)90-35(11)46(57(82)67-44)69-55(80)37-24-23-33(9)53-48(37)66-49-42(43(65)52(79)34(10)54(49)92-53)56(81)70-47-36(12)91-64(89)51(32(7)8)74(16)41(78)28-72(14)60(85)39-22-18-20-26-76(39)62(87)45(30(3)4)68-58(47)83/h23-24,29-32,35-36,38-39,44-47,50-51H,17-22,25-28,65H2,1-16H3,(H,67,82)(H,68,83)(H,69,80)(H,70,81)/t35?,36?,38-,39+,44?,45-,46?,47?,50+,51?/m1/s1. The third-order valence-electron chi connectivity index (χ3n) is 18.0. The minimum atomic E-state index is -1.89. The molecule has 10 atom stereocenters. The highest BCUT2D eigenvalue weighted by Crippen LogP contribution is 2.35. The predicted octanol–water partition coefficient (Wildman–Crippen LogP) is 1.51. The van der Waals surface area contributed by atoms with E-state index in [1.807, 2.05) is 0 Å². The summed E-state index contributed by atoms with van der Waals surface area (Å²) in [5, 5.41) is 10.8. The number of nitrogens with two attached hydrogens (primary N) is 1. The first-order chi connectivity index (χ1) is 43.1. The van der Waals surface area contributed by atoms with Crippen molar-refractivity contribution in [1.29, 1.82) is 0 Å². The Morgan fingerprint density at radius 2 is 1.02 bits per heavy atom. The molecule has 0 radical (unpaired) electrons. The highest BCUT2D eigenvalue weighted by molar-refractivity contribution is 6.10. The molecule has 10 amide bonds. The third kappa shape index (κ3) is 14.5. The van der Waals surface area contributed by atoms with Crippen LogP contribution in [-0.4, -0.2) is 220 Å². The molecule has 6 N–H and O–H groups in total. The van der Waals surface area contributed by atoms with E-state index in [1.165, 1.54) is 80.7 Å². The molecule has 0 aromatic heterocycles. The summed E-state index contributed by atoms with van der Waals surface area (Å²) in [6.45, 7) is 18.4. The first-order valence-electron chi connectivity index (χ1n) is 31.5. The summed E-state index contributed by atoms with van der Waals surface area (Å²) in [6.07, 6.45) is -0.253. The fourth-order valence-corrected chi connectivity index (χ4v) is 12.6. The molecule has 502 valence electrons. The predicted molar refractivity (Wildman–Crippen MR) is 335 cm³/mol. The second-order valence-electron chi connectivity index (χ2n) is 26.3. The van der Waals surface area contributed by atoms with Crippen molar-refractivity contribution in [2.45, 2.75) is 182 Å². The summed E-state index contributed by atoms with van der Waals surface area (Å²) < 4.78 is 18.4.